The highest BCUT2D eigenvalue weighted by molar-refractivity contribution is 6.31. The molecule has 1 amide bonds. The molecule has 0 radical (unpaired) electrons. The molecule has 1 atom stereocenters. The van der Waals surface area contributed by atoms with E-state index in [1.807, 2.05) is 62.4 Å². The van der Waals surface area contributed by atoms with Crippen LogP contribution in [-0.4, -0.2) is 11.0 Å². The maximum absolute atomic E-state index is 12.5. The predicted molar refractivity (Wildman–Crippen MR) is 107 cm³/mol. The van der Waals surface area contributed by atoms with E-state index in [0.717, 1.165) is 16.3 Å². The Labute approximate surface area is 158 Å². The Hall–Kier alpha value is -2.52. The van der Waals surface area contributed by atoms with E-state index in [1.165, 1.54) is 0 Å². The van der Waals surface area contributed by atoms with Gasteiger partial charge in [-0.05, 0) is 34.4 Å². The van der Waals surface area contributed by atoms with E-state index in [0.29, 0.717) is 17.0 Å². The quantitative estimate of drug-likeness (QED) is 0.629. The molecular formula is C22H22ClNO2. The average molecular weight is 368 g/mol. The average Bonchev–Trinajstić information content (AvgIpc) is 2.60. The van der Waals surface area contributed by atoms with Gasteiger partial charge in [0.05, 0.1) is 6.04 Å². The molecule has 0 unspecified atom stereocenters. The lowest BCUT2D eigenvalue weighted by atomic mass is 9.92. The SMILES string of the molecule is CC(C)CC(=O)N[C@@H](c1ccccc1Cl)c1c(O)ccc2ccccc12. The number of hydrogen-bond acceptors (Lipinski definition) is 2. The van der Waals surface area contributed by atoms with Crippen LogP contribution in [0.2, 0.25) is 5.02 Å². The first-order valence-corrected chi connectivity index (χ1v) is 9.09. The van der Waals surface area contributed by atoms with E-state index in [9.17, 15) is 9.90 Å². The number of rotatable bonds is 5. The Kier molecular flexibility index (Phi) is 5.48. The van der Waals surface area contributed by atoms with Gasteiger partial charge >= 0.3 is 0 Å². The van der Waals surface area contributed by atoms with Gasteiger partial charge in [-0.25, -0.2) is 0 Å². The third-order valence-electron chi connectivity index (χ3n) is 4.35. The van der Waals surface area contributed by atoms with Gasteiger partial charge in [0.1, 0.15) is 5.75 Å². The monoisotopic (exact) mass is 367 g/mol. The first-order chi connectivity index (χ1) is 12.5. The molecule has 0 saturated heterocycles. The second-order valence-corrected chi connectivity index (χ2v) is 7.25. The van der Waals surface area contributed by atoms with Gasteiger partial charge in [-0.1, -0.05) is 74.0 Å². The van der Waals surface area contributed by atoms with Crippen LogP contribution in [0.4, 0.5) is 0 Å². The number of hydrogen-bond donors (Lipinski definition) is 2. The molecule has 2 N–H and O–H groups in total. The number of halogens is 1. The molecule has 3 rings (SSSR count). The molecule has 26 heavy (non-hydrogen) atoms. The Balaban J connectivity index is 2.17. The first-order valence-electron chi connectivity index (χ1n) is 8.71. The molecule has 0 spiro atoms. The molecule has 3 aromatic carbocycles. The number of carbonyl (C=O) groups excluding carboxylic acids is 1. The summed E-state index contributed by atoms with van der Waals surface area (Å²) in [5.41, 5.74) is 1.42. The minimum Gasteiger partial charge on any atom is -0.508 e. The van der Waals surface area contributed by atoms with Crippen molar-refractivity contribution < 1.29 is 9.90 Å². The maximum Gasteiger partial charge on any atom is 0.221 e. The van der Waals surface area contributed by atoms with E-state index in [2.05, 4.69) is 5.32 Å². The minimum absolute atomic E-state index is 0.0720. The van der Waals surface area contributed by atoms with Crippen molar-refractivity contribution in [3.05, 3.63) is 76.8 Å². The van der Waals surface area contributed by atoms with Crippen molar-refractivity contribution in [2.75, 3.05) is 0 Å². The number of amides is 1. The Morgan fingerprint density at radius 1 is 1.04 bits per heavy atom. The molecular weight excluding hydrogens is 346 g/mol. The molecule has 3 nitrogen and oxygen atoms in total. The minimum atomic E-state index is -0.527. The molecule has 0 saturated carbocycles. The fourth-order valence-electron chi connectivity index (χ4n) is 3.19. The van der Waals surface area contributed by atoms with Gasteiger partial charge < -0.3 is 10.4 Å². The summed E-state index contributed by atoms with van der Waals surface area (Å²) in [5, 5.41) is 16.1. The number of fused-ring (bicyclic) bond motifs is 1. The zero-order chi connectivity index (χ0) is 18.7. The third kappa shape index (κ3) is 3.83. The van der Waals surface area contributed by atoms with Gasteiger partial charge in [-0.15, -0.1) is 0 Å². The van der Waals surface area contributed by atoms with Crippen molar-refractivity contribution in [1.82, 2.24) is 5.32 Å². The van der Waals surface area contributed by atoms with Crippen LogP contribution in [0.25, 0.3) is 10.8 Å². The summed E-state index contributed by atoms with van der Waals surface area (Å²) in [4.78, 5) is 12.5. The van der Waals surface area contributed by atoms with Gasteiger partial charge in [0, 0.05) is 17.0 Å². The molecule has 4 heteroatoms. The van der Waals surface area contributed by atoms with Crippen LogP contribution >= 0.6 is 11.6 Å². The summed E-state index contributed by atoms with van der Waals surface area (Å²) in [6.45, 7) is 4.00. The summed E-state index contributed by atoms with van der Waals surface area (Å²) in [5.74, 6) is 0.304. The fourth-order valence-corrected chi connectivity index (χ4v) is 3.44. The van der Waals surface area contributed by atoms with Gasteiger partial charge in [-0.2, -0.15) is 0 Å². The number of aromatic hydroxyl groups is 1. The zero-order valence-corrected chi connectivity index (χ0v) is 15.6. The summed E-state index contributed by atoms with van der Waals surface area (Å²) in [6.07, 6.45) is 0.409. The van der Waals surface area contributed by atoms with Crippen LogP contribution in [0.5, 0.6) is 5.75 Å². The van der Waals surface area contributed by atoms with Gasteiger partial charge in [0.2, 0.25) is 5.91 Å². The van der Waals surface area contributed by atoms with Crippen LogP contribution in [-0.2, 0) is 4.79 Å². The largest absolute Gasteiger partial charge is 0.508 e. The van der Waals surface area contributed by atoms with E-state index in [1.54, 1.807) is 12.1 Å². The number of phenols is 1. The lowest BCUT2D eigenvalue weighted by molar-refractivity contribution is -0.122. The molecule has 0 aliphatic rings. The maximum atomic E-state index is 12.5. The molecule has 0 aliphatic carbocycles. The lowest BCUT2D eigenvalue weighted by Crippen LogP contribution is -2.30. The van der Waals surface area contributed by atoms with E-state index in [-0.39, 0.29) is 17.6 Å². The van der Waals surface area contributed by atoms with E-state index >= 15 is 0 Å². The number of phenolic OH excluding ortho intramolecular Hbond substituents is 1. The van der Waals surface area contributed by atoms with E-state index < -0.39 is 6.04 Å². The zero-order valence-electron chi connectivity index (χ0n) is 14.9. The normalized spacial score (nSPS) is 12.3. The van der Waals surface area contributed by atoms with Crippen molar-refractivity contribution in [3.63, 3.8) is 0 Å². The van der Waals surface area contributed by atoms with Crippen molar-refractivity contribution in [2.45, 2.75) is 26.3 Å². The predicted octanol–water partition coefficient (Wildman–Crippen LogP) is 5.45. The third-order valence-corrected chi connectivity index (χ3v) is 4.70. The Bertz CT molecular complexity index is 936. The molecule has 3 aromatic rings. The van der Waals surface area contributed by atoms with Gasteiger partial charge in [0.25, 0.3) is 0 Å². The summed E-state index contributed by atoms with van der Waals surface area (Å²) < 4.78 is 0. The highest BCUT2D eigenvalue weighted by Gasteiger charge is 2.24. The second-order valence-electron chi connectivity index (χ2n) is 6.84. The number of nitrogens with one attached hydrogen (secondary N) is 1. The van der Waals surface area contributed by atoms with Gasteiger partial charge in [-0.3, -0.25) is 4.79 Å². The van der Waals surface area contributed by atoms with Gasteiger partial charge in [0.15, 0.2) is 0 Å². The molecule has 0 aliphatic heterocycles. The standard InChI is InChI=1S/C22H22ClNO2/c1-14(2)13-20(26)24-22(17-9-5-6-10-18(17)23)21-16-8-4-3-7-15(16)11-12-19(21)25/h3-12,14,22,25H,13H2,1-2H3,(H,24,26)/t22-/m0/s1. The molecule has 0 bridgehead atoms. The number of carbonyl (C=O) groups is 1. The molecule has 0 aromatic heterocycles. The van der Waals surface area contributed by atoms with Crippen LogP contribution < -0.4 is 5.32 Å². The highest BCUT2D eigenvalue weighted by Crippen LogP contribution is 2.38. The summed E-state index contributed by atoms with van der Waals surface area (Å²) >= 11 is 6.43. The second kappa shape index (κ2) is 7.79. The lowest BCUT2D eigenvalue weighted by Gasteiger charge is -2.24. The van der Waals surface area contributed by atoms with Crippen molar-refractivity contribution >= 4 is 28.3 Å². The fraction of sp³-hybridized carbons (Fsp3) is 0.227. The van der Waals surface area contributed by atoms with E-state index in [4.69, 9.17) is 11.6 Å². The number of benzene rings is 3. The van der Waals surface area contributed by atoms with Crippen molar-refractivity contribution in [1.29, 1.82) is 0 Å². The summed E-state index contributed by atoms with van der Waals surface area (Å²) in [6, 6.07) is 18.2. The van der Waals surface area contributed by atoms with Crippen LogP contribution in [0.15, 0.2) is 60.7 Å². The Morgan fingerprint density at radius 3 is 2.46 bits per heavy atom. The Morgan fingerprint density at radius 2 is 1.73 bits per heavy atom. The van der Waals surface area contributed by atoms with Crippen LogP contribution in [0.3, 0.4) is 0 Å². The first kappa shape index (κ1) is 18.3. The molecule has 134 valence electrons. The molecule has 0 fully saturated rings. The topological polar surface area (TPSA) is 49.3 Å². The van der Waals surface area contributed by atoms with Crippen LogP contribution in [0.1, 0.15) is 37.4 Å². The highest BCUT2D eigenvalue weighted by atomic mass is 35.5. The van der Waals surface area contributed by atoms with Crippen molar-refractivity contribution in [2.24, 2.45) is 5.92 Å². The smallest absolute Gasteiger partial charge is 0.221 e. The van der Waals surface area contributed by atoms with Crippen LogP contribution in [0, 0.1) is 5.92 Å². The molecule has 0 heterocycles. The van der Waals surface area contributed by atoms with Crippen molar-refractivity contribution in [3.8, 4) is 5.75 Å². The summed E-state index contributed by atoms with van der Waals surface area (Å²) in [7, 11) is 0.